The van der Waals surface area contributed by atoms with Crippen molar-refractivity contribution in [1.29, 1.82) is 0 Å². The molecular weight excluding hydrogens is 190 g/mol. The fraction of sp³-hybridized carbons (Fsp3) is 0.143. The molecule has 0 unspecified atom stereocenters. The lowest BCUT2D eigenvalue weighted by molar-refractivity contribution is 1.14. The molecule has 2 aromatic heterocycles. The number of aromatic nitrogens is 2. The van der Waals surface area contributed by atoms with Crippen LogP contribution in [0.2, 0.25) is 0 Å². The van der Waals surface area contributed by atoms with Crippen molar-refractivity contribution in [3.8, 4) is 0 Å². The van der Waals surface area contributed by atoms with E-state index in [1.807, 2.05) is 0 Å². The molecule has 0 bridgehead atoms. The second-order valence-electron chi connectivity index (χ2n) is 2.23. The standard InChI is InChI=1S/C7H7N3S2/c1-2-11-4-6(1)3-8-7-9-5-10-12-7/h1-2,4-5H,3H2,(H,8,9,10). The average Bonchev–Trinajstić information content (AvgIpc) is 2.74. The van der Waals surface area contributed by atoms with Crippen LogP contribution in [0.15, 0.2) is 23.2 Å². The first-order chi connectivity index (χ1) is 5.95. The molecule has 2 rings (SSSR count). The minimum absolute atomic E-state index is 0.832. The zero-order valence-electron chi connectivity index (χ0n) is 6.23. The molecule has 0 spiro atoms. The second-order valence-corrected chi connectivity index (χ2v) is 3.79. The molecule has 0 aromatic carbocycles. The van der Waals surface area contributed by atoms with Crippen molar-refractivity contribution in [3.63, 3.8) is 0 Å². The minimum Gasteiger partial charge on any atom is -0.356 e. The fourth-order valence-electron chi connectivity index (χ4n) is 0.822. The predicted molar refractivity (Wildman–Crippen MR) is 51.6 cm³/mol. The molecule has 1 N–H and O–H groups in total. The first-order valence-electron chi connectivity index (χ1n) is 3.47. The highest BCUT2D eigenvalue weighted by atomic mass is 32.1. The number of anilines is 1. The highest BCUT2D eigenvalue weighted by Gasteiger charge is 1.95. The zero-order valence-corrected chi connectivity index (χ0v) is 7.86. The monoisotopic (exact) mass is 197 g/mol. The Bertz CT molecular complexity index is 280. The molecule has 0 saturated heterocycles. The molecule has 12 heavy (non-hydrogen) atoms. The van der Waals surface area contributed by atoms with Crippen molar-refractivity contribution in [2.45, 2.75) is 6.54 Å². The summed E-state index contributed by atoms with van der Waals surface area (Å²) in [5, 5.41) is 8.24. The Morgan fingerprint density at radius 3 is 3.17 bits per heavy atom. The molecule has 0 atom stereocenters. The van der Waals surface area contributed by atoms with Gasteiger partial charge in [0, 0.05) is 18.1 Å². The van der Waals surface area contributed by atoms with Gasteiger partial charge in [0.05, 0.1) is 0 Å². The van der Waals surface area contributed by atoms with Crippen LogP contribution in [-0.4, -0.2) is 9.36 Å². The topological polar surface area (TPSA) is 37.8 Å². The number of hydrogen-bond acceptors (Lipinski definition) is 5. The van der Waals surface area contributed by atoms with E-state index in [0.717, 1.165) is 11.7 Å². The molecule has 0 aliphatic rings. The van der Waals surface area contributed by atoms with Gasteiger partial charge in [-0.1, -0.05) is 0 Å². The molecular formula is C7H7N3S2. The van der Waals surface area contributed by atoms with Crippen molar-refractivity contribution in [2.24, 2.45) is 0 Å². The van der Waals surface area contributed by atoms with Gasteiger partial charge < -0.3 is 5.32 Å². The summed E-state index contributed by atoms with van der Waals surface area (Å²) in [6.45, 7) is 0.832. The number of hydrogen-bond donors (Lipinski definition) is 1. The summed E-state index contributed by atoms with van der Waals surface area (Å²) in [7, 11) is 0. The first-order valence-corrected chi connectivity index (χ1v) is 5.18. The Hall–Kier alpha value is -0.940. The lowest BCUT2D eigenvalue weighted by atomic mass is 10.3. The third-order valence-electron chi connectivity index (χ3n) is 1.39. The van der Waals surface area contributed by atoms with E-state index < -0.39 is 0 Å². The van der Waals surface area contributed by atoms with E-state index in [1.165, 1.54) is 17.1 Å². The van der Waals surface area contributed by atoms with Gasteiger partial charge in [0.2, 0.25) is 5.13 Å². The maximum atomic E-state index is 4.02. The second kappa shape index (κ2) is 3.64. The highest BCUT2D eigenvalue weighted by Crippen LogP contribution is 2.11. The maximum absolute atomic E-state index is 4.02. The van der Waals surface area contributed by atoms with Crippen LogP contribution >= 0.6 is 22.9 Å². The third-order valence-corrected chi connectivity index (χ3v) is 2.74. The van der Waals surface area contributed by atoms with E-state index in [4.69, 9.17) is 0 Å². The number of nitrogens with zero attached hydrogens (tertiary/aromatic N) is 2. The van der Waals surface area contributed by atoms with Gasteiger partial charge in [0.1, 0.15) is 6.33 Å². The van der Waals surface area contributed by atoms with Crippen LogP contribution in [0.4, 0.5) is 5.13 Å². The molecule has 5 heteroatoms. The molecule has 0 radical (unpaired) electrons. The van der Waals surface area contributed by atoms with Crippen LogP contribution in [0.5, 0.6) is 0 Å². The third kappa shape index (κ3) is 1.80. The van der Waals surface area contributed by atoms with Crippen LogP contribution in [0.1, 0.15) is 5.56 Å². The van der Waals surface area contributed by atoms with Crippen molar-refractivity contribution in [1.82, 2.24) is 9.36 Å². The van der Waals surface area contributed by atoms with Gasteiger partial charge >= 0.3 is 0 Å². The molecule has 2 heterocycles. The summed E-state index contributed by atoms with van der Waals surface area (Å²) in [4.78, 5) is 4.02. The van der Waals surface area contributed by atoms with Gasteiger partial charge in [-0.05, 0) is 22.4 Å². The molecule has 0 amide bonds. The zero-order chi connectivity index (χ0) is 8.23. The van der Waals surface area contributed by atoms with Crippen molar-refractivity contribution in [3.05, 3.63) is 28.7 Å². The van der Waals surface area contributed by atoms with E-state index in [-0.39, 0.29) is 0 Å². The molecule has 0 fully saturated rings. The van der Waals surface area contributed by atoms with Gasteiger partial charge in [-0.25, -0.2) is 4.98 Å². The number of thiophene rings is 1. The summed E-state index contributed by atoms with van der Waals surface area (Å²) in [5.41, 5.74) is 1.29. The van der Waals surface area contributed by atoms with Gasteiger partial charge in [-0.15, -0.1) is 0 Å². The molecule has 3 nitrogen and oxygen atoms in total. The van der Waals surface area contributed by atoms with E-state index in [1.54, 1.807) is 17.7 Å². The van der Waals surface area contributed by atoms with Gasteiger partial charge in [0.15, 0.2) is 0 Å². The van der Waals surface area contributed by atoms with Crippen LogP contribution in [0.3, 0.4) is 0 Å². The quantitative estimate of drug-likeness (QED) is 0.819. The van der Waals surface area contributed by atoms with Crippen LogP contribution in [0, 0.1) is 0 Å². The van der Waals surface area contributed by atoms with E-state index in [2.05, 4.69) is 31.5 Å². The van der Waals surface area contributed by atoms with Crippen molar-refractivity contribution >= 4 is 28.0 Å². The summed E-state index contributed by atoms with van der Waals surface area (Å²) in [6.07, 6.45) is 1.56. The van der Waals surface area contributed by atoms with E-state index >= 15 is 0 Å². The molecule has 0 saturated carbocycles. The smallest absolute Gasteiger partial charge is 0.202 e. The summed E-state index contributed by atoms with van der Waals surface area (Å²) >= 11 is 3.08. The number of nitrogens with one attached hydrogen (secondary N) is 1. The van der Waals surface area contributed by atoms with Crippen molar-refractivity contribution in [2.75, 3.05) is 5.32 Å². The fourth-order valence-corrected chi connectivity index (χ4v) is 1.92. The Labute approximate surface area is 78.3 Å². The molecule has 0 aliphatic heterocycles. The maximum Gasteiger partial charge on any atom is 0.202 e. The average molecular weight is 197 g/mol. The lowest BCUT2D eigenvalue weighted by Crippen LogP contribution is -1.96. The highest BCUT2D eigenvalue weighted by molar-refractivity contribution is 7.09. The van der Waals surface area contributed by atoms with Crippen LogP contribution in [0.25, 0.3) is 0 Å². The van der Waals surface area contributed by atoms with Gasteiger partial charge in [-0.3, -0.25) is 0 Å². The van der Waals surface area contributed by atoms with Gasteiger partial charge in [-0.2, -0.15) is 15.7 Å². The normalized spacial score (nSPS) is 10.0. The summed E-state index contributed by atoms with van der Waals surface area (Å²) in [6, 6.07) is 2.10. The molecule has 0 aliphatic carbocycles. The van der Waals surface area contributed by atoms with Crippen LogP contribution in [-0.2, 0) is 6.54 Å². The Balaban J connectivity index is 1.91. The summed E-state index contributed by atoms with van der Waals surface area (Å²) < 4.78 is 3.89. The summed E-state index contributed by atoms with van der Waals surface area (Å²) in [5.74, 6) is 0. The largest absolute Gasteiger partial charge is 0.356 e. The Morgan fingerprint density at radius 2 is 2.50 bits per heavy atom. The minimum atomic E-state index is 0.832. The van der Waals surface area contributed by atoms with Crippen LogP contribution < -0.4 is 5.32 Å². The SMILES string of the molecule is c1nsc(NCc2ccsc2)n1. The Morgan fingerprint density at radius 1 is 1.50 bits per heavy atom. The molecule has 62 valence electrons. The first kappa shape index (κ1) is 7.70. The number of rotatable bonds is 3. The Kier molecular flexibility index (Phi) is 2.33. The predicted octanol–water partition coefficient (Wildman–Crippen LogP) is 2.21. The van der Waals surface area contributed by atoms with Crippen molar-refractivity contribution < 1.29 is 0 Å². The molecule has 2 aromatic rings. The van der Waals surface area contributed by atoms with Gasteiger partial charge in [0.25, 0.3) is 0 Å². The van der Waals surface area contributed by atoms with E-state index in [0.29, 0.717) is 0 Å². The van der Waals surface area contributed by atoms with E-state index in [9.17, 15) is 0 Å². The lowest BCUT2D eigenvalue weighted by Gasteiger charge is -1.97.